The quantitative estimate of drug-likeness (QED) is 0.633. The highest BCUT2D eigenvalue weighted by Gasteiger charge is 2.17. The third-order valence-electron chi connectivity index (χ3n) is 4.97. The number of nitrogens with one attached hydrogen (secondary N) is 1. The zero-order chi connectivity index (χ0) is 20.6. The second kappa shape index (κ2) is 9.84. The summed E-state index contributed by atoms with van der Waals surface area (Å²) in [5, 5.41) is 7.13. The van der Waals surface area contributed by atoms with Gasteiger partial charge < -0.3 is 15.0 Å². The normalized spacial score (nSPS) is 11.8. The van der Waals surface area contributed by atoms with Gasteiger partial charge in [-0.1, -0.05) is 36.4 Å². The lowest BCUT2D eigenvalue weighted by Crippen LogP contribution is -2.38. The van der Waals surface area contributed by atoms with Gasteiger partial charge in [-0.15, -0.1) is 0 Å². The highest BCUT2D eigenvalue weighted by molar-refractivity contribution is 5.74. The minimum atomic E-state index is -0.121. The van der Waals surface area contributed by atoms with E-state index < -0.39 is 0 Å². The maximum atomic E-state index is 12.7. The second-order valence-electron chi connectivity index (χ2n) is 6.78. The molecular weight excluding hydrogens is 366 g/mol. The van der Waals surface area contributed by atoms with Crippen LogP contribution in [0.5, 0.6) is 0 Å². The number of urea groups is 1. The number of carbonyl (C=O) groups excluding carboxylic acids is 1. The Balaban J connectivity index is 1.60. The highest BCUT2D eigenvalue weighted by atomic mass is 16.5. The summed E-state index contributed by atoms with van der Waals surface area (Å²) in [6.07, 6.45) is 3.16. The molecule has 3 rings (SSSR count). The molecule has 1 heterocycles. The summed E-state index contributed by atoms with van der Waals surface area (Å²) in [6, 6.07) is 15.7. The first-order valence-electron chi connectivity index (χ1n) is 9.70. The van der Waals surface area contributed by atoms with E-state index >= 15 is 0 Å². The molecule has 0 aliphatic rings. The van der Waals surface area contributed by atoms with Gasteiger partial charge in [0.2, 0.25) is 0 Å². The summed E-state index contributed by atoms with van der Waals surface area (Å²) >= 11 is 0. The van der Waals surface area contributed by atoms with Gasteiger partial charge in [0, 0.05) is 20.2 Å². The molecule has 152 valence electrons. The number of hydrogen-bond donors (Lipinski definition) is 1. The number of rotatable bonds is 8. The van der Waals surface area contributed by atoms with Crippen molar-refractivity contribution in [3.63, 3.8) is 0 Å². The van der Waals surface area contributed by atoms with E-state index in [1.165, 1.54) is 6.33 Å². The van der Waals surface area contributed by atoms with Crippen molar-refractivity contribution in [3.8, 4) is 5.69 Å². The van der Waals surface area contributed by atoms with Gasteiger partial charge >= 0.3 is 6.03 Å². The van der Waals surface area contributed by atoms with Crippen LogP contribution in [0.25, 0.3) is 5.69 Å². The van der Waals surface area contributed by atoms with Crippen molar-refractivity contribution < 1.29 is 9.53 Å². The van der Waals surface area contributed by atoms with E-state index in [1.54, 1.807) is 23.0 Å². The average Bonchev–Trinajstić information content (AvgIpc) is 3.30. The summed E-state index contributed by atoms with van der Waals surface area (Å²) in [5.41, 5.74) is 4.13. The fraction of sp³-hybridized carbons (Fsp3) is 0.318. The molecule has 0 saturated carbocycles. The Hall–Kier alpha value is -3.19. The van der Waals surface area contributed by atoms with Gasteiger partial charge in [-0.05, 0) is 42.7 Å². The van der Waals surface area contributed by atoms with Crippen molar-refractivity contribution in [2.75, 3.05) is 13.7 Å². The number of carbonyl (C=O) groups is 1. The molecule has 0 radical (unpaired) electrons. The summed E-state index contributed by atoms with van der Waals surface area (Å²) in [4.78, 5) is 18.3. The lowest BCUT2D eigenvalue weighted by atomic mass is 10.1. The summed E-state index contributed by atoms with van der Waals surface area (Å²) in [5.74, 6) is 0. The molecule has 7 nitrogen and oxygen atoms in total. The monoisotopic (exact) mass is 393 g/mol. The first-order valence-corrected chi connectivity index (χ1v) is 9.70. The highest BCUT2D eigenvalue weighted by Crippen LogP contribution is 2.20. The fourth-order valence-corrected chi connectivity index (χ4v) is 3.02. The Bertz CT molecular complexity index is 909. The van der Waals surface area contributed by atoms with E-state index in [1.807, 2.05) is 62.4 Å². The number of nitrogens with zero attached hydrogens (tertiary/aromatic N) is 4. The molecule has 0 spiro atoms. The Labute approximate surface area is 171 Å². The summed E-state index contributed by atoms with van der Waals surface area (Å²) < 4.78 is 7.21. The lowest BCUT2D eigenvalue weighted by Gasteiger charge is -2.26. The Morgan fingerprint density at radius 1 is 1.17 bits per heavy atom. The summed E-state index contributed by atoms with van der Waals surface area (Å²) in [6.45, 7) is 5.65. The van der Waals surface area contributed by atoms with Gasteiger partial charge in [-0.25, -0.2) is 14.5 Å². The molecule has 29 heavy (non-hydrogen) atoms. The summed E-state index contributed by atoms with van der Waals surface area (Å²) in [7, 11) is 1.80. The SMILES string of the molecule is CCOCc1ccccc1CNC(=O)N(C)C(C)c1ccc(-n2cncn2)cc1. The van der Waals surface area contributed by atoms with Crippen molar-refractivity contribution in [1.82, 2.24) is 25.0 Å². The minimum Gasteiger partial charge on any atom is -0.377 e. The first-order chi connectivity index (χ1) is 14.1. The molecule has 0 aliphatic heterocycles. The maximum Gasteiger partial charge on any atom is 0.317 e. The fourth-order valence-electron chi connectivity index (χ4n) is 3.02. The maximum absolute atomic E-state index is 12.7. The molecule has 0 aliphatic carbocycles. The van der Waals surface area contributed by atoms with Crippen molar-refractivity contribution >= 4 is 6.03 Å². The third kappa shape index (κ3) is 5.20. The van der Waals surface area contributed by atoms with E-state index in [0.717, 1.165) is 22.4 Å². The predicted octanol–water partition coefficient (Wildman–Crippen LogP) is 3.71. The molecule has 0 fully saturated rings. The topological polar surface area (TPSA) is 72.3 Å². The van der Waals surface area contributed by atoms with Crippen LogP contribution in [-0.2, 0) is 17.9 Å². The van der Waals surface area contributed by atoms with Crippen molar-refractivity contribution in [2.45, 2.75) is 33.0 Å². The smallest absolute Gasteiger partial charge is 0.317 e. The predicted molar refractivity (Wildman–Crippen MR) is 112 cm³/mol. The molecule has 0 saturated heterocycles. The van der Waals surface area contributed by atoms with Crippen molar-refractivity contribution in [2.24, 2.45) is 0 Å². The molecule has 3 aromatic rings. The van der Waals surface area contributed by atoms with Gasteiger partial charge in [0.25, 0.3) is 0 Å². The van der Waals surface area contributed by atoms with Crippen LogP contribution in [-0.4, -0.2) is 39.4 Å². The van der Waals surface area contributed by atoms with Gasteiger partial charge in [-0.3, -0.25) is 0 Å². The first kappa shape index (κ1) is 20.5. The Morgan fingerprint density at radius 2 is 1.90 bits per heavy atom. The number of amides is 2. The molecule has 7 heteroatoms. The molecule has 2 aromatic carbocycles. The molecule has 1 N–H and O–H groups in total. The molecule has 0 bridgehead atoms. The third-order valence-corrected chi connectivity index (χ3v) is 4.97. The van der Waals surface area contributed by atoms with Crippen LogP contribution in [0.1, 0.15) is 36.6 Å². The molecule has 1 aromatic heterocycles. The zero-order valence-electron chi connectivity index (χ0n) is 17.1. The van der Waals surface area contributed by atoms with Gasteiger partial charge in [-0.2, -0.15) is 5.10 Å². The van der Waals surface area contributed by atoms with Crippen LogP contribution in [0.4, 0.5) is 4.79 Å². The van der Waals surface area contributed by atoms with Crippen molar-refractivity contribution in [3.05, 3.63) is 77.9 Å². The number of hydrogen-bond acceptors (Lipinski definition) is 4. The van der Waals surface area contributed by atoms with E-state index in [9.17, 15) is 4.79 Å². The second-order valence-corrected chi connectivity index (χ2v) is 6.78. The standard InChI is InChI=1S/C22H27N5O2/c1-4-29-14-20-8-6-5-7-19(20)13-24-22(28)26(3)17(2)18-9-11-21(12-10-18)27-16-23-15-25-27/h5-12,15-17H,4,13-14H2,1-3H3,(H,24,28). The number of ether oxygens (including phenoxy) is 1. The van der Waals surface area contributed by atoms with Crippen LogP contribution >= 0.6 is 0 Å². The van der Waals surface area contributed by atoms with E-state index in [0.29, 0.717) is 19.8 Å². The van der Waals surface area contributed by atoms with E-state index in [2.05, 4.69) is 15.4 Å². The van der Waals surface area contributed by atoms with Crippen molar-refractivity contribution in [1.29, 1.82) is 0 Å². The van der Waals surface area contributed by atoms with Crippen LogP contribution in [0.3, 0.4) is 0 Å². The largest absolute Gasteiger partial charge is 0.377 e. The number of aromatic nitrogens is 3. The Morgan fingerprint density at radius 3 is 2.55 bits per heavy atom. The van der Waals surface area contributed by atoms with E-state index in [4.69, 9.17) is 4.74 Å². The average molecular weight is 393 g/mol. The lowest BCUT2D eigenvalue weighted by molar-refractivity contribution is 0.133. The zero-order valence-corrected chi connectivity index (χ0v) is 17.1. The van der Waals surface area contributed by atoms with Crippen LogP contribution in [0, 0.1) is 0 Å². The molecule has 1 atom stereocenters. The van der Waals surface area contributed by atoms with Crippen LogP contribution in [0.2, 0.25) is 0 Å². The Kier molecular flexibility index (Phi) is 6.97. The molecule has 1 unspecified atom stereocenters. The van der Waals surface area contributed by atoms with Gasteiger partial charge in [0.1, 0.15) is 12.7 Å². The number of benzene rings is 2. The minimum absolute atomic E-state index is 0.0709. The van der Waals surface area contributed by atoms with Gasteiger partial charge in [0.05, 0.1) is 18.3 Å². The van der Waals surface area contributed by atoms with E-state index in [-0.39, 0.29) is 12.1 Å². The molecule has 2 amide bonds. The molecular formula is C22H27N5O2. The van der Waals surface area contributed by atoms with Crippen LogP contribution < -0.4 is 5.32 Å². The van der Waals surface area contributed by atoms with Gasteiger partial charge in [0.15, 0.2) is 0 Å². The van der Waals surface area contributed by atoms with Crippen LogP contribution in [0.15, 0.2) is 61.2 Å².